The first-order chi connectivity index (χ1) is 13.9. The Balaban J connectivity index is 1.50. The largest absolute Gasteiger partial charge is 0.326 e. The highest BCUT2D eigenvalue weighted by molar-refractivity contribution is 8.15. The van der Waals surface area contributed by atoms with Gasteiger partial charge in [-0.2, -0.15) is 0 Å². The Kier molecular flexibility index (Phi) is 5.46. The highest BCUT2D eigenvalue weighted by Gasteiger charge is 2.46. The van der Waals surface area contributed by atoms with E-state index in [-0.39, 0.29) is 24.3 Å². The minimum absolute atomic E-state index is 0.0000160. The normalized spacial score (nSPS) is 20.4. The number of anilines is 1. The van der Waals surface area contributed by atoms with E-state index >= 15 is 0 Å². The van der Waals surface area contributed by atoms with E-state index in [0.29, 0.717) is 5.17 Å². The molecule has 2 fully saturated rings. The summed E-state index contributed by atoms with van der Waals surface area (Å²) in [5, 5.41) is 3.26. The second kappa shape index (κ2) is 8.03. The molecule has 2 aromatic carbocycles. The first-order valence-corrected chi connectivity index (χ1v) is 10.8. The molecule has 0 spiro atoms. The van der Waals surface area contributed by atoms with Crippen molar-refractivity contribution in [2.75, 3.05) is 5.32 Å². The SMILES string of the molecule is Cc1cccc(N=C2S[C@@H](CC(=O)Nc3cc(C)ccc3C)C(=O)N2C2CC2)c1. The predicted molar refractivity (Wildman–Crippen MR) is 119 cm³/mol. The summed E-state index contributed by atoms with van der Waals surface area (Å²) in [5.74, 6) is -0.142. The van der Waals surface area contributed by atoms with Crippen molar-refractivity contribution >= 4 is 40.1 Å². The van der Waals surface area contributed by atoms with E-state index in [2.05, 4.69) is 5.32 Å². The van der Waals surface area contributed by atoms with E-state index in [1.807, 2.05) is 68.1 Å². The smallest absolute Gasteiger partial charge is 0.242 e. The molecule has 29 heavy (non-hydrogen) atoms. The van der Waals surface area contributed by atoms with Gasteiger partial charge in [-0.25, -0.2) is 4.99 Å². The molecule has 1 saturated heterocycles. The van der Waals surface area contributed by atoms with Gasteiger partial charge in [-0.1, -0.05) is 36.0 Å². The van der Waals surface area contributed by atoms with Gasteiger partial charge in [-0.05, 0) is 68.5 Å². The summed E-state index contributed by atoms with van der Waals surface area (Å²) < 4.78 is 0. The quantitative estimate of drug-likeness (QED) is 0.779. The topological polar surface area (TPSA) is 61.8 Å². The molecule has 150 valence electrons. The molecule has 6 heteroatoms. The van der Waals surface area contributed by atoms with Crippen molar-refractivity contribution in [2.24, 2.45) is 4.99 Å². The number of hydrogen-bond acceptors (Lipinski definition) is 4. The molecule has 5 nitrogen and oxygen atoms in total. The molecule has 2 amide bonds. The van der Waals surface area contributed by atoms with Gasteiger partial charge in [0.2, 0.25) is 11.8 Å². The number of aryl methyl sites for hydroxylation is 3. The van der Waals surface area contributed by atoms with Gasteiger partial charge in [0.1, 0.15) is 5.25 Å². The van der Waals surface area contributed by atoms with Crippen LogP contribution in [0.1, 0.15) is 36.0 Å². The molecule has 0 aromatic heterocycles. The summed E-state index contributed by atoms with van der Waals surface area (Å²) >= 11 is 1.41. The minimum atomic E-state index is -0.427. The molecule has 1 aliphatic carbocycles. The first kappa shape index (κ1) is 19.7. The number of thioether (sulfide) groups is 1. The lowest BCUT2D eigenvalue weighted by Crippen LogP contribution is -2.35. The fraction of sp³-hybridized carbons (Fsp3) is 0.348. The van der Waals surface area contributed by atoms with Crippen LogP contribution in [0.2, 0.25) is 0 Å². The maximum absolute atomic E-state index is 13.0. The Morgan fingerprint density at radius 1 is 1.14 bits per heavy atom. The van der Waals surface area contributed by atoms with E-state index in [9.17, 15) is 9.59 Å². The Labute approximate surface area is 175 Å². The number of nitrogens with one attached hydrogen (secondary N) is 1. The van der Waals surface area contributed by atoms with Crippen LogP contribution < -0.4 is 5.32 Å². The van der Waals surface area contributed by atoms with Crippen molar-refractivity contribution in [1.82, 2.24) is 4.90 Å². The van der Waals surface area contributed by atoms with Crippen molar-refractivity contribution in [2.45, 2.75) is 51.3 Å². The zero-order valence-corrected chi connectivity index (χ0v) is 17.8. The number of aliphatic imine (C=N–C) groups is 1. The molecule has 1 aliphatic heterocycles. The van der Waals surface area contributed by atoms with Crippen LogP contribution in [-0.2, 0) is 9.59 Å². The van der Waals surface area contributed by atoms with Crippen molar-refractivity contribution in [1.29, 1.82) is 0 Å². The monoisotopic (exact) mass is 407 g/mol. The summed E-state index contributed by atoms with van der Waals surface area (Å²) in [6, 6.07) is 14.1. The summed E-state index contributed by atoms with van der Waals surface area (Å²) in [7, 11) is 0. The van der Waals surface area contributed by atoms with Gasteiger partial charge >= 0.3 is 0 Å². The standard InChI is InChI=1S/C23H25N3O2S/c1-14-5-4-6-17(11-14)24-23-26(18-9-10-18)22(28)20(29-23)13-21(27)25-19-12-15(2)7-8-16(19)3/h4-8,11-12,18,20H,9-10,13H2,1-3H3,(H,25,27)/t20-/m0/s1. The van der Waals surface area contributed by atoms with E-state index in [1.54, 1.807) is 0 Å². The third kappa shape index (κ3) is 4.53. The van der Waals surface area contributed by atoms with Gasteiger partial charge in [-0.3, -0.25) is 14.5 Å². The second-order valence-corrected chi connectivity index (χ2v) is 9.02. The van der Waals surface area contributed by atoms with Crippen LogP contribution in [0, 0.1) is 20.8 Å². The maximum atomic E-state index is 13.0. The van der Waals surface area contributed by atoms with Crippen molar-refractivity contribution in [3.63, 3.8) is 0 Å². The molecule has 2 aliphatic rings. The van der Waals surface area contributed by atoms with Crippen LogP contribution in [0.3, 0.4) is 0 Å². The summed E-state index contributed by atoms with van der Waals surface area (Å²) in [6.45, 7) is 5.98. The fourth-order valence-electron chi connectivity index (χ4n) is 3.41. The molecule has 1 saturated carbocycles. The first-order valence-electron chi connectivity index (χ1n) is 9.93. The zero-order valence-electron chi connectivity index (χ0n) is 16.9. The highest BCUT2D eigenvalue weighted by Crippen LogP contribution is 2.39. The molecule has 4 rings (SSSR count). The van der Waals surface area contributed by atoms with Crippen LogP contribution in [0.15, 0.2) is 47.5 Å². The van der Waals surface area contributed by atoms with E-state index in [4.69, 9.17) is 4.99 Å². The Morgan fingerprint density at radius 2 is 1.90 bits per heavy atom. The van der Waals surface area contributed by atoms with Crippen LogP contribution in [0.25, 0.3) is 0 Å². The lowest BCUT2D eigenvalue weighted by molar-refractivity contribution is -0.128. The van der Waals surface area contributed by atoms with Crippen LogP contribution in [0.4, 0.5) is 11.4 Å². The summed E-state index contributed by atoms with van der Waals surface area (Å²) in [6.07, 6.45) is 2.15. The fourth-order valence-corrected chi connectivity index (χ4v) is 4.62. The van der Waals surface area contributed by atoms with Gasteiger partial charge in [0.25, 0.3) is 0 Å². The maximum Gasteiger partial charge on any atom is 0.242 e. The third-order valence-corrected chi connectivity index (χ3v) is 6.29. The van der Waals surface area contributed by atoms with Gasteiger partial charge in [0, 0.05) is 18.2 Å². The lowest BCUT2D eigenvalue weighted by Gasteiger charge is -2.15. The Morgan fingerprint density at radius 3 is 2.62 bits per heavy atom. The second-order valence-electron chi connectivity index (χ2n) is 7.85. The summed E-state index contributed by atoms with van der Waals surface area (Å²) in [5.41, 5.74) is 4.87. The number of rotatable bonds is 5. The number of nitrogens with zero attached hydrogens (tertiary/aromatic N) is 2. The van der Waals surface area contributed by atoms with Gasteiger partial charge in [0.15, 0.2) is 5.17 Å². The molecule has 0 bridgehead atoms. The number of amides is 2. The van der Waals surface area contributed by atoms with Crippen LogP contribution >= 0.6 is 11.8 Å². The number of benzene rings is 2. The zero-order chi connectivity index (χ0) is 20.5. The van der Waals surface area contributed by atoms with Crippen LogP contribution in [0.5, 0.6) is 0 Å². The lowest BCUT2D eigenvalue weighted by atomic mass is 10.1. The number of hydrogen-bond donors (Lipinski definition) is 1. The average Bonchev–Trinajstić information content (AvgIpc) is 3.44. The molecule has 1 N–H and O–H groups in total. The summed E-state index contributed by atoms with van der Waals surface area (Å²) in [4.78, 5) is 32.2. The van der Waals surface area contributed by atoms with Crippen LogP contribution in [-0.4, -0.2) is 33.2 Å². The highest BCUT2D eigenvalue weighted by atomic mass is 32.2. The number of carbonyl (C=O) groups is 2. The third-order valence-electron chi connectivity index (χ3n) is 5.14. The minimum Gasteiger partial charge on any atom is -0.326 e. The number of carbonyl (C=O) groups excluding carboxylic acids is 2. The van der Waals surface area contributed by atoms with Gasteiger partial charge in [0.05, 0.1) is 5.69 Å². The predicted octanol–water partition coefficient (Wildman–Crippen LogP) is 4.73. The van der Waals surface area contributed by atoms with E-state index in [0.717, 1.165) is 40.9 Å². The molecule has 1 atom stereocenters. The van der Waals surface area contributed by atoms with Crippen molar-refractivity contribution in [3.05, 3.63) is 59.2 Å². The molecular weight excluding hydrogens is 382 g/mol. The van der Waals surface area contributed by atoms with Gasteiger partial charge < -0.3 is 5.32 Å². The number of amidine groups is 1. The van der Waals surface area contributed by atoms with E-state index in [1.165, 1.54) is 11.8 Å². The Hall–Kier alpha value is -2.60. The average molecular weight is 408 g/mol. The Bertz CT molecular complexity index is 997. The van der Waals surface area contributed by atoms with E-state index < -0.39 is 5.25 Å². The molecule has 2 aromatic rings. The molecular formula is C23H25N3O2S. The van der Waals surface area contributed by atoms with Gasteiger partial charge in [-0.15, -0.1) is 0 Å². The molecule has 0 radical (unpaired) electrons. The molecule has 1 heterocycles. The molecule has 0 unspecified atom stereocenters. The van der Waals surface area contributed by atoms with Crippen molar-refractivity contribution < 1.29 is 9.59 Å². The van der Waals surface area contributed by atoms with Crippen molar-refractivity contribution in [3.8, 4) is 0 Å².